The van der Waals surface area contributed by atoms with Gasteiger partial charge in [-0.2, -0.15) is 0 Å². The summed E-state index contributed by atoms with van der Waals surface area (Å²) >= 11 is 8.27. The first kappa shape index (κ1) is 27.5. The van der Waals surface area contributed by atoms with Gasteiger partial charge < -0.3 is 24.3 Å². The number of thiophene rings is 1. The number of anilines is 1. The van der Waals surface area contributed by atoms with Crippen LogP contribution in [-0.4, -0.2) is 64.4 Å². The number of carbonyl (C=O) groups excluding carboxylic acids is 3. The highest BCUT2D eigenvalue weighted by Crippen LogP contribution is 2.34. The number of nitrogens with zero attached hydrogens (tertiary/aromatic N) is 4. The van der Waals surface area contributed by atoms with Gasteiger partial charge in [-0.25, -0.2) is 4.79 Å². The zero-order valence-electron chi connectivity index (χ0n) is 20.7. The first-order valence-corrected chi connectivity index (χ1v) is 12.8. The van der Waals surface area contributed by atoms with Crippen molar-refractivity contribution in [1.29, 1.82) is 0 Å². The molecule has 0 radical (unpaired) electrons. The highest BCUT2D eigenvalue weighted by molar-refractivity contribution is 7.99. The van der Waals surface area contributed by atoms with Crippen LogP contribution in [0.2, 0.25) is 5.02 Å². The number of hydrogen-bond donors (Lipinski definition) is 1. The molecule has 0 unspecified atom stereocenters. The Hall–Kier alpha value is -3.09. The van der Waals surface area contributed by atoms with Crippen molar-refractivity contribution in [3.05, 3.63) is 50.6 Å². The molecule has 0 spiro atoms. The third-order valence-corrected chi connectivity index (χ3v) is 7.78. The summed E-state index contributed by atoms with van der Waals surface area (Å²) in [4.78, 5) is 39.3. The average Bonchev–Trinajstić information content (AvgIpc) is 3.36. The number of aryl methyl sites for hydroxylation is 1. The Morgan fingerprint density at radius 2 is 1.94 bits per heavy atom. The van der Waals surface area contributed by atoms with E-state index in [2.05, 4.69) is 15.5 Å². The van der Waals surface area contributed by atoms with Crippen molar-refractivity contribution in [3.63, 3.8) is 0 Å². The maximum Gasteiger partial charge on any atom is 0.341 e. The number of esters is 1. The van der Waals surface area contributed by atoms with E-state index < -0.39 is 5.97 Å². The number of aromatic nitrogens is 3. The molecule has 0 saturated heterocycles. The molecule has 3 rings (SSSR count). The fraction of sp³-hybridized carbons (Fsp3) is 0.348. The van der Waals surface area contributed by atoms with Crippen LogP contribution in [0, 0.1) is 13.8 Å². The second-order valence-corrected chi connectivity index (χ2v) is 10.3. The minimum Gasteiger partial charge on any atom is -0.486 e. The van der Waals surface area contributed by atoms with Gasteiger partial charge in [0, 0.05) is 26.2 Å². The summed E-state index contributed by atoms with van der Waals surface area (Å²) in [6, 6.07) is 5.38. The van der Waals surface area contributed by atoms with Crippen LogP contribution in [0.15, 0.2) is 23.4 Å². The van der Waals surface area contributed by atoms with E-state index in [1.165, 1.54) is 23.8 Å². The molecule has 1 N–H and O–H groups in total. The number of carbonyl (C=O) groups is 3. The number of thioether (sulfide) groups is 1. The quantitative estimate of drug-likeness (QED) is 0.314. The lowest BCUT2D eigenvalue weighted by Crippen LogP contribution is -2.21. The molecule has 0 aliphatic heterocycles. The summed E-state index contributed by atoms with van der Waals surface area (Å²) in [5.74, 6) is -0.00354. The number of hydrogen-bond acceptors (Lipinski definition) is 9. The van der Waals surface area contributed by atoms with Crippen molar-refractivity contribution in [3.8, 4) is 5.75 Å². The predicted octanol–water partition coefficient (Wildman–Crippen LogP) is 3.95. The minimum absolute atomic E-state index is 0.0116. The number of halogens is 1. The van der Waals surface area contributed by atoms with Gasteiger partial charge in [-0.15, -0.1) is 21.5 Å². The van der Waals surface area contributed by atoms with Crippen LogP contribution in [0.5, 0.6) is 5.75 Å². The summed E-state index contributed by atoms with van der Waals surface area (Å²) in [7, 11) is 6.26. The normalized spacial score (nSPS) is 10.8. The maximum atomic E-state index is 12.7. The SMILES string of the molecule is COC(=O)c1c(NC(=O)CSc2nnc(COc3ccc(Cl)c(C)c3)n2C)sc(C(=O)N(C)C)c1C. The molecule has 2 amide bonds. The number of nitrogens with one attached hydrogen (secondary N) is 1. The van der Waals surface area contributed by atoms with Crippen LogP contribution in [0.25, 0.3) is 0 Å². The molecule has 0 aliphatic carbocycles. The van der Waals surface area contributed by atoms with Crippen LogP contribution >= 0.6 is 34.7 Å². The Balaban J connectivity index is 1.66. The first-order chi connectivity index (χ1) is 17.0. The Labute approximate surface area is 221 Å². The zero-order chi connectivity index (χ0) is 26.6. The average molecular weight is 552 g/mol. The molecule has 192 valence electrons. The second-order valence-electron chi connectivity index (χ2n) is 7.95. The van der Waals surface area contributed by atoms with Gasteiger partial charge in [0.05, 0.1) is 23.3 Å². The Morgan fingerprint density at radius 3 is 2.58 bits per heavy atom. The van der Waals surface area contributed by atoms with Crippen molar-refractivity contribution in [2.45, 2.75) is 25.6 Å². The molecule has 2 heterocycles. The molecule has 13 heteroatoms. The van der Waals surface area contributed by atoms with E-state index in [0.29, 0.717) is 32.2 Å². The molecular formula is C23H26ClN5O5S2. The van der Waals surface area contributed by atoms with Gasteiger partial charge in [0.1, 0.15) is 17.4 Å². The van der Waals surface area contributed by atoms with E-state index in [1.54, 1.807) is 44.8 Å². The van der Waals surface area contributed by atoms with Crippen molar-refractivity contribution in [1.82, 2.24) is 19.7 Å². The largest absolute Gasteiger partial charge is 0.486 e. The van der Waals surface area contributed by atoms with Crippen LogP contribution in [0.3, 0.4) is 0 Å². The van der Waals surface area contributed by atoms with Gasteiger partial charge in [0.15, 0.2) is 11.0 Å². The number of amides is 2. The number of ether oxygens (including phenoxy) is 2. The summed E-state index contributed by atoms with van der Waals surface area (Å²) in [5.41, 5.74) is 1.53. The Kier molecular flexibility index (Phi) is 8.98. The van der Waals surface area contributed by atoms with Gasteiger partial charge >= 0.3 is 5.97 Å². The van der Waals surface area contributed by atoms with E-state index in [1.807, 2.05) is 13.0 Å². The van der Waals surface area contributed by atoms with Gasteiger partial charge in [0.25, 0.3) is 5.91 Å². The molecule has 0 fully saturated rings. The lowest BCUT2D eigenvalue weighted by molar-refractivity contribution is -0.113. The lowest BCUT2D eigenvalue weighted by Gasteiger charge is -2.08. The molecule has 0 atom stereocenters. The molecule has 36 heavy (non-hydrogen) atoms. The molecule has 3 aromatic rings. The predicted molar refractivity (Wildman–Crippen MR) is 139 cm³/mol. The van der Waals surface area contributed by atoms with Crippen molar-refractivity contribution in [2.75, 3.05) is 32.3 Å². The fourth-order valence-electron chi connectivity index (χ4n) is 3.10. The molecule has 10 nitrogen and oxygen atoms in total. The molecule has 1 aromatic carbocycles. The molecule has 0 saturated carbocycles. The Bertz CT molecular complexity index is 1300. The number of benzene rings is 1. The number of rotatable bonds is 9. The van der Waals surface area contributed by atoms with Crippen molar-refractivity contribution >= 4 is 57.5 Å². The Morgan fingerprint density at radius 1 is 1.22 bits per heavy atom. The number of methoxy groups -OCH3 is 1. The van der Waals surface area contributed by atoms with E-state index in [4.69, 9.17) is 21.1 Å². The third-order valence-electron chi connectivity index (χ3n) is 5.14. The zero-order valence-corrected chi connectivity index (χ0v) is 23.1. The van der Waals surface area contributed by atoms with Gasteiger partial charge in [-0.1, -0.05) is 23.4 Å². The summed E-state index contributed by atoms with van der Waals surface area (Å²) in [6.07, 6.45) is 0. The standard InChI is InChI=1S/C23H26ClN5O5S2/c1-12-9-14(7-8-15(12)24)34-10-16-26-27-23(29(16)5)35-11-17(30)25-20-18(22(32)33-6)13(2)19(36-20)21(31)28(3)4/h7-9H,10-11H2,1-6H3,(H,25,30). The van der Waals surface area contributed by atoms with Crippen molar-refractivity contribution in [2.24, 2.45) is 7.05 Å². The summed E-state index contributed by atoms with van der Waals surface area (Å²) < 4.78 is 12.4. The molecular weight excluding hydrogens is 526 g/mol. The van der Waals surface area contributed by atoms with Crippen LogP contribution in [0.4, 0.5) is 5.00 Å². The first-order valence-electron chi connectivity index (χ1n) is 10.7. The van der Waals surface area contributed by atoms with E-state index >= 15 is 0 Å². The second kappa shape index (κ2) is 11.8. The monoisotopic (exact) mass is 551 g/mol. The van der Waals surface area contributed by atoms with Gasteiger partial charge in [-0.05, 0) is 43.2 Å². The highest BCUT2D eigenvalue weighted by atomic mass is 35.5. The fourth-order valence-corrected chi connectivity index (χ4v) is 5.18. The molecule has 0 bridgehead atoms. The smallest absolute Gasteiger partial charge is 0.341 e. The summed E-state index contributed by atoms with van der Waals surface area (Å²) in [5, 5.41) is 12.4. The van der Waals surface area contributed by atoms with E-state index in [-0.39, 0.29) is 34.7 Å². The molecule has 0 aliphatic rings. The lowest BCUT2D eigenvalue weighted by atomic mass is 10.1. The molecule has 2 aromatic heterocycles. The summed E-state index contributed by atoms with van der Waals surface area (Å²) in [6.45, 7) is 3.74. The third kappa shape index (κ3) is 6.18. The topological polar surface area (TPSA) is 116 Å². The van der Waals surface area contributed by atoms with Crippen LogP contribution in [0.1, 0.15) is 37.0 Å². The van der Waals surface area contributed by atoms with Crippen LogP contribution < -0.4 is 10.1 Å². The van der Waals surface area contributed by atoms with Gasteiger partial charge in [-0.3, -0.25) is 9.59 Å². The maximum absolute atomic E-state index is 12.7. The highest BCUT2D eigenvalue weighted by Gasteiger charge is 2.27. The van der Waals surface area contributed by atoms with Gasteiger partial charge in [0.2, 0.25) is 5.91 Å². The minimum atomic E-state index is -0.627. The van der Waals surface area contributed by atoms with Crippen molar-refractivity contribution < 1.29 is 23.9 Å². The van der Waals surface area contributed by atoms with Crippen LogP contribution in [-0.2, 0) is 23.2 Å². The van der Waals surface area contributed by atoms with E-state index in [9.17, 15) is 14.4 Å². The van der Waals surface area contributed by atoms with E-state index in [0.717, 1.165) is 16.9 Å².